The Bertz CT molecular complexity index is 474. The lowest BCUT2D eigenvalue weighted by Crippen LogP contribution is -2.41. The Kier molecular flexibility index (Phi) is 6.55. The van der Waals surface area contributed by atoms with Crippen LogP contribution in [-0.4, -0.2) is 35.0 Å². The van der Waals surface area contributed by atoms with Gasteiger partial charge in [0.2, 0.25) is 5.91 Å². The molecule has 0 radical (unpaired) electrons. The highest BCUT2D eigenvalue weighted by Gasteiger charge is 2.29. The lowest BCUT2D eigenvalue weighted by molar-refractivity contribution is -0.134. The zero-order valence-electron chi connectivity index (χ0n) is 11.5. The molecule has 0 spiro atoms. The second-order valence-corrected chi connectivity index (χ2v) is 6.85. The molecule has 0 aliphatic carbocycles. The molecule has 1 aromatic carbocycles. The van der Waals surface area contributed by atoms with Crippen LogP contribution in [0.3, 0.4) is 0 Å². The van der Waals surface area contributed by atoms with E-state index in [-0.39, 0.29) is 11.7 Å². The van der Waals surface area contributed by atoms with Gasteiger partial charge in [-0.05, 0) is 31.5 Å². The molecule has 2 N–H and O–H groups in total. The number of nitrogens with one attached hydrogen (secondary N) is 1. The predicted octanol–water partition coefficient (Wildman–Crippen LogP) is 2.66. The molecule has 0 aliphatic rings. The van der Waals surface area contributed by atoms with E-state index in [9.17, 15) is 9.59 Å². The maximum atomic E-state index is 12.2. The fraction of sp³-hybridized carbons (Fsp3) is 0.429. The van der Waals surface area contributed by atoms with Crippen molar-refractivity contribution in [1.82, 2.24) is 5.32 Å². The highest BCUT2D eigenvalue weighted by atomic mass is 79.9. The number of carboxylic acid groups (broad SMARTS) is 1. The Hall–Kier alpha value is -1.01. The van der Waals surface area contributed by atoms with E-state index in [2.05, 4.69) is 21.2 Å². The minimum absolute atomic E-state index is 0.0595. The van der Waals surface area contributed by atoms with Gasteiger partial charge in [0, 0.05) is 16.8 Å². The molecule has 0 saturated carbocycles. The SMILES string of the molecule is CC(C)(C(=O)NCCSCC(=O)O)c1ccc(Br)cc1. The van der Waals surface area contributed by atoms with Gasteiger partial charge in [-0.3, -0.25) is 9.59 Å². The van der Waals surface area contributed by atoms with E-state index in [1.54, 1.807) is 0 Å². The van der Waals surface area contributed by atoms with Gasteiger partial charge < -0.3 is 10.4 Å². The van der Waals surface area contributed by atoms with Crippen molar-refractivity contribution in [2.24, 2.45) is 0 Å². The lowest BCUT2D eigenvalue weighted by atomic mass is 9.84. The van der Waals surface area contributed by atoms with E-state index in [1.165, 1.54) is 11.8 Å². The van der Waals surface area contributed by atoms with Gasteiger partial charge in [-0.2, -0.15) is 0 Å². The van der Waals surface area contributed by atoms with Crippen molar-refractivity contribution in [1.29, 1.82) is 0 Å². The van der Waals surface area contributed by atoms with E-state index in [4.69, 9.17) is 5.11 Å². The number of carbonyl (C=O) groups excluding carboxylic acids is 1. The van der Waals surface area contributed by atoms with Crippen LogP contribution in [0.1, 0.15) is 19.4 Å². The molecule has 0 bridgehead atoms. The zero-order chi connectivity index (χ0) is 15.2. The number of benzene rings is 1. The van der Waals surface area contributed by atoms with Crippen LogP contribution in [0.15, 0.2) is 28.7 Å². The van der Waals surface area contributed by atoms with Gasteiger partial charge in [0.25, 0.3) is 0 Å². The summed E-state index contributed by atoms with van der Waals surface area (Å²) in [5.41, 5.74) is 0.328. The van der Waals surface area contributed by atoms with Crippen molar-refractivity contribution in [2.75, 3.05) is 18.1 Å². The van der Waals surface area contributed by atoms with E-state index in [1.807, 2.05) is 38.1 Å². The Balaban J connectivity index is 2.48. The monoisotopic (exact) mass is 359 g/mol. The van der Waals surface area contributed by atoms with Gasteiger partial charge in [-0.25, -0.2) is 0 Å². The molecule has 1 aromatic rings. The summed E-state index contributed by atoms with van der Waals surface area (Å²) in [7, 11) is 0. The molecule has 0 heterocycles. The van der Waals surface area contributed by atoms with Crippen LogP contribution in [0.25, 0.3) is 0 Å². The second kappa shape index (κ2) is 7.69. The first-order valence-corrected chi connectivity index (χ1v) is 8.12. The van der Waals surface area contributed by atoms with E-state index in [0.717, 1.165) is 10.0 Å². The first-order valence-electron chi connectivity index (χ1n) is 6.18. The van der Waals surface area contributed by atoms with Gasteiger partial charge >= 0.3 is 5.97 Å². The second-order valence-electron chi connectivity index (χ2n) is 4.83. The van der Waals surface area contributed by atoms with Crippen molar-refractivity contribution in [3.63, 3.8) is 0 Å². The number of carbonyl (C=O) groups is 2. The summed E-state index contributed by atoms with van der Waals surface area (Å²) in [6, 6.07) is 7.66. The van der Waals surface area contributed by atoms with Gasteiger partial charge in [0.15, 0.2) is 0 Å². The normalized spacial score (nSPS) is 11.2. The fourth-order valence-electron chi connectivity index (χ4n) is 1.61. The number of hydrogen-bond acceptors (Lipinski definition) is 3. The maximum Gasteiger partial charge on any atom is 0.313 e. The average Bonchev–Trinajstić information content (AvgIpc) is 2.38. The number of carboxylic acids is 1. The van der Waals surface area contributed by atoms with Gasteiger partial charge in [-0.1, -0.05) is 28.1 Å². The number of rotatable bonds is 7. The van der Waals surface area contributed by atoms with Crippen LogP contribution in [0.4, 0.5) is 0 Å². The summed E-state index contributed by atoms with van der Waals surface area (Å²) < 4.78 is 0.975. The number of thioether (sulfide) groups is 1. The first kappa shape index (κ1) is 17.0. The average molecular weight is 360 g/mol. The van der Waals surface area contributed by atoms with Crippen LogP contribution in [0.2, 0.25) is 0 Å². The molecule has 0 fully saturated rings. The summed E-state index contributed by atoms with van der Waals surface area (Å²) >= 11 is 4.66. The molecule has 0 atom stereocenters. The number of halogens is 1. The predicted molar refractivity (Wildman–Crippen MR) is 85.1 cm³/mol. The molecule has 0 aliphatic heterocycles. The van der Waals surface area contributed by atoms with Crippen LogP contribution in [-0.2, 0) is 15.0 Å². The van der Waals surface area contributed by atoms with Crippen LogP contribution < -0.4 is 5.32 Å². The Labute approximate surface area is 131 Å². The van der Waals surface area contributed by atoms with Crippen molar-refractivity contribution in [3.8, 4) is 0 Å². The molecule has 1 rings (SSSR count). The highest BCUT2D eigenvalue weighted by Crippen LogP contribution is 2.24. The Morgan fingerprint density at radius 1 is 1.30 bits per heavy atom. The van der Waals surface area contributed by atoms with Crippen LogP contribution in [0, 0.1) is 0 Å². The highest BCUT2D eigenvalue weighted by molar-refractivity contribution is 9.10. The van der Waals surface area contributed by atoms with E-state index in [0.29, 0.717) is 12.3 Å². The smallest absolute Gasteiger partial charge is 0.313 e. The maximum absolute atomic E-state index is 12.2. The molecule has 0 aromatic heterocycles. The summed E-state index contributed by atoms with van der Waals surface area (Å²) in [6.07, 6.45) is 0. The third-order valence-corrected chi connectivity index (χ3v) is 4.36. The number of hydrogen-bond donors (Lipinski definition) is 2. The number of amides is 1. The summed E-state index contributed by atoms with van der Waals surface area (Å²) in [6.45, 7) is 4.21. The molecule has 20 heavy (non-hydrogen) atoms. The third kappa shape index (κ3) is 5.17. The molecule has 0 saturated heterocycles. The minimum Gasteiger partial charge on any atom is -0.481 e. The molecule has 0 unspecified atom stereocenters. The molecule has 1 amide bonds. The molecular weight excluding hydrogens is 342 g/mol. The fourth-order valence-corrected chi connectivity index (χ4v) is 2.44. The Morgan fingerprint density at radius 2 is 1.90 bits per heavy atom. The van der Waals surface area contributed by atoms with Crippen molar-refractivity contribution in [2.45, 2.75) is 19.3 Å². The van der Waals surface area contributed by atoms with E-state index >= 15 is 0 Å². The van der Waals surface area contributed by atoms with Crippen LogP contribution in [0.5, 0.6) is 0 Å². The zero-order valence-corrected chi connectivity index (χ0v) is 13.9. The minimum atomic E-state index is -0.837. The lowest BCUT2D eigenvalue weighted by Gasteiger charge is -2.24. The molecule has 110 valence electrons. The molecular formula is C14H18BrNO3S. The van der Waals surface area contributed by atoms with Crippen molar-refractivity contribution in [3.05, 3.63) is 34.3 Å². The summed E-state index contributed by atoms with van der Waals surface area (Å²) in [5, 5.41) is 11.4. The summed E-state index contributed by atoms with van der Waals surface area (Å²) in [5.74, 6) is -0.243. The topological polar surface area (TPSA) is 66.4 Å². The standard InChI is InChI=1S/C14H18BrNO3S/c1-14(2,10-3-5-11(15)6-4-10)13(19)16-7-8-20-9-12(17)18/h3-6H,7-9H2,1-2H3,(H,16,19)(H,17,18). The van der Waals surface area contributed by atoms with Crippen molar-refractivity contribution < 1.29 is 14.7 Å². The molecule has 4 nitrogen and oxygen atoms in total. The largest absolute Gasteiger partial charge is 0.481 e. The Morgan fingerprint density at radius 3 is 2.45 bits per heavy atom. The third-order valence-electron chi connectivity index (χ3n) is 2.89. The van der Waals surface area contributed by atoms with Gasteiger partial charge in [0.1, 0.15) is 0 Å². The van der Waals surface area contributed by atoms with Crippen molar-refractivity contribution >= 4 is 39.6 Å². The number of aliphatic carboxylic acids is 1. The first-order chi connectivity index (χ1) is 9.34. The molecule has 6 heteroatoms. The quantitative estimate of drug-likeness (QED) is 0.734. The van der Waals surface area contributed by atoms with Crippen LogP contribution >= 0.6 is 27.7 Å². The van der Waals surface area contributed by atoms with Gasteiger partial charge in [-0.15, -0.1) is 11.8 Å². The van der Waals surface area contributed by atoms with E-state index < -0.39 is 11.4 Å². The summed E-state index contributed by atoms with van der Waals surface area (Å²) in [4.78, 5) is 22.6. The van der Waals surface area contributed by atoms with Gasteiger partial charge in [0.05, 0.1) is 11.2 Å².